The Morgan fingerprint density at radius 2 is 1.96 bits per heavy atom. The molecule has 0 radical (unpaired) electrons. The van der Waals surface area contributed by atoms with Crippen molar-refractivity contribution in [2.24, 2.45) is 0 Å². The van der Waals surface area contributed by atoms with Crippen LogP contribution in [0.5, 0.6) is 0 Å². The van der Waals surface area contributed by atoms with Gasteiger partial charge in [-0.2, -0.15) is 4.98 Å². The summed E-state index contributed by atoms with van der Waals surface area (Å²) >= 11 is 0. The summed E-state index contributed by atoms with van der Waals surface area (Å²) in [6.07, 6.45) is 12.2. The Hall–Kier alpha value is -1.36. The van der Waals surface area contributed by atoms with E-state index in [1.807, 2.05) is 6.20 Å². The van der Waals surface area contributed by atoms with Crippen molar-refractivity contribution in [3.63, 3.8) is 0 Å². The van der Waals surface area contributed by atoms with E-state index in [4.69, 9.17) is 4.98 Å². The number of aromatic nitrogens is 2. The average Bonchev–Trinajstić information content (AvgIpc) is 2.92. The Balaban J connectivity index is 1.59. The van der Waals surface area contributed by atoms with Gasteiger partial charge in [-0.25, -0.2) is 4.98 Å². The fraction of sp³-hybridized carbons (Fsp3) is 0.800. The van der Waals surface area contributed by atoms with Crippen LogP contribution in [0, 0.1) is 0 Å². The lowest BCUT2D eigenvalue weighted by Gasteiger charge is -2.37. The molecule has 0 spiro atoms. The lowest BCUT2D eigenvalue weighted by molar-refractivity contribution is 0.157. The molecule has 0 bridgehead atoms. The molecule has 2 aliphatic heterocycles. The molecule has 3 rings (SSSR count). The van der Waals surface area contributed by atoms with E-state index < -0.39 is 0 Å². The van der Waals surface area contributed by atoms with Crippen molar-refractivity contribution in [2.45, 2.75) is 77.3 Å². The van der Waals surface area contributed by atoms with Gasteiger partial charge in [0.1, 0.15) is 5.82 Å². The smallest absolute Gasteiger partial charge is 0.224 e. The van der Waals surface area contributed by atoms with Crippen LogP contribution in [0.3, 0.4) is 0 Å². The molecule has 1 aromatic rings. The van der Waals surface area contributed by atoms with Crippen LogP contribution < -0.4 is 10.2 Å². The van der Waals surface area contributed by atoms with Crippen molar-refractivity contribution >= 4 is 11.8 Å². The maximum Gasteiger partial charge on any atom is 0.224 e. The van der Waals surface area contributed by atoms with Gasteiger partial charge < -0.3 is 10.2 Å². The standard InChI is InChI=1S/C20H35N5/c1-3-9-17(2)25-15-8-10-18(16-25)22-20-21-12-11-19(23-20)24-13-6-4-5-7-14-24/h11-12,17-18H,3-10,13-16H2,1-2H3,(H,21,22,23). The molecular weight excluding hydrogens is 310 g/mol. The van der Waals surface area contributed by atoms with Gasteiger partial charge in [-0.15, -0.1) is 0 Å². The number of anilines is 2. The Morgan fingerprint density at radius 1 is 1.16 bits per heavy atom. The normalized spacial score (nSPS) is 23.9. The summed E-state index contributed by atoms with van der Waals surface area (Å²) in [5.74, 6) is 1.89. The van der Waals surface area contributed by atoms with Crippen molar-refractivity contribution in [3.05, 3.63) is 12.3 Å². The van der Waals surface area contributed by atoms with E-state index in [1.165, 1.54) is 57.9 Å². The van der Waals surface area contributed by atoms with Gasteiger partial charge in [0.05, 0.1) is 0 Å². The summed E-state index contributed by atoms with van der Waals surface area (Å²) < 4.78 is 0. The van der Waals surface area contributed by atoms with Gasteiger partial charge in [-0.05, 0) is 51.6 Å². The molecule has 0 saturated carbocycles. The molecule has 0 amide bonds. The predicted molar refractivity (Wildman–Crippen MR) is 105 cm³/mol. The largest absolute Gasteiger partial charge is 0.356 e. The quantitative estimate of drug-likeness (QED) is 0.846. The predicted octanol–water partition coefficient (Wildman–Crippen LogP) is 3.92. The van der Waals surface area contributed by atoms with Crippen molar-refractivity contribution in [3.8, 4) is 0 Å². The van der Waals surface area contributed by atoms with Crippen LogP contribution in [-0.2, 0) is 0 Å². The molecule has 25 heavy (non-hydrogen) atoms. The second kappa shape index (κ2) is 9.37. The number of hydrogen-bond donors (Lipinski definition) is 1. The van der Waals surface area contributed by atoms with E-state index in [1.54, 1.807) is 0 Å². The second-order valence-corrected chi connectivity index (χ2v) is 7.76. The van der Waals surface area contributed by atoms with Crippen molar-refractivity contribution < 1.29 is 0 Å². The molecule has 2 saturated heterocycles. The number of hydrogen-bond acceptors (Lipinski definition) is 5. The highest BCUT2D eigenvalue weighted by Gasteiger charge is 2.23. The van der Waals surface area contributed by atoms with Crippen LogP contribution in [0.15, 0.2) is 12.3 Å². The van der Waals surface area contributed by atoms with Gasteiger partial charge in [-0.1, -0.05) is 26.2 Å². The lowest BCUT2D eigenvalue weighted by atomic mass is 10.0. The first kappa shape index (κ1) is 18.4. The van der Waals surface area contributed by atoms with E-state index in [2.05, 4.69) is 40.0 Å². The van der Waals surface area contributed by atoms with E-state index in [-0.39, 0.29) is 0 Å². The first-order valence-electron chi connectivity index (χ1n) is 10.3. The molecule has 0 aromatic carbocycles. The van der Waals surface area contributed by atoms with E-state index in [0.717, 1.165) is 31.4 Å². The number of rotatable bonds is 6. The maximum atomic E-state index is 4.82. The van der Waals surface area contributed by atoms with Crippen LogP contribution in [0.1, 0.15) is 65.2 Å². The van der Waals surface area contributed by atoms with E-state index in [0.29, 0.717) is 12.1 Å². The molecule has 1 aromatic heterocycles. The van der Waals surface area contributed by atoms with Gasteiger partial charge in [0.25, 0.3) is 0 Å². The van der Waals surface area contributed by atoms with Gasteiger partial charge in [0.15, 0.2) is 0 Å². The van der Waals surface area contributed by atoms with E-state index in [9.17, 15) is 0 Å². The van der Waals surface area contributed by atoms with Gasteiger partial charge in [0.2, 0.25) is 5.95 Å². The zero-order valence-electron chi connectivity index (χ0n) is 16.1. The molecule has 2 unspecified atom stereocenters. The Labute approximate surface area is 153 Å². The third-order valence-electron chi connectivity index (χ3n) is 5.69. The minimum atomic E-state index is 0.465. The fourth-order valence-electron chi connectivity index (χ4n) is 4.20. The fourth-order valence-corrected chi connectivity index (χ4v) is 4.20. The highest BCUT2D eigenvalue weighted by Crippen LogP contribution is 2.21. The Bertz CT molecular complexity index is 513. The van der Waals surface area contributed by atoms with Crippen LogP contribution in [0.4, 0.5) is 11.8 Å². The molecule has 2 fully saturated rings. The van der Waals surface area contributed by atoms with Crippen molar-refractivity contribution in [1.29, 1.82) is 0 Å². The molecule has 2 atom stereocenters. The highest BCUT2D eigenvalue weighted by molar-refractivity contribution is 5.43. The minimum absolute atomic E-state index is 0.465. The van der Waals surface area contributed by atoms with Crippen LogP contribution >= 0.6 is 0 Å². The van der Waals surface area contributed by atoms with E-state index >= 15 is 0 Å². The summed E-state index contributed by atoms with van der Waals surface area (Å²) in [7, 11) is 0. The molecule has 0 aliphatic carbocycles. The summed E-state index contributed by atoms with van der Waals surface area (Å²) in [6.45, 7) is 9.23. The molecule has 2 aliphatic rings. The third kappa shape index (κ3) is 5.30. The SMILES string of the molecule is CCCC(C)N1CCCC(Nc2nccc(N3CCCCCC3)n2)C1. The van der Waals surface area contributed by atoms with Gasteiger partial charge in [-0.3, -0.25) is 4.90 Å². The molecule has 1 N–H and O–H groups in total. The topological polar surface area (TPSA) is 44.3 Å². The Morgan fingerprint density at radius 3 is 2.72 bits per heavy atom. The highest BCUT2D eigenvalue weighted by atomic mass is 15.2. The molecule has 140 valence electrons. The Kier molecular flexibility index (Phi) is 6.91. The first-order chi connectivity index (χ1) is 12.3. The summed E-state index contributed by atoms with van der Waals surface area (Å²) in [4.78, 5) is 14.4. The van der Waals surface area contributed by atoms with Gasteiger partial charge in [0, 0.05) is 37.9 Å². The average molecular weight is 346 g/mol. The summed E-state index contributed by atoms with van der Waals surface area (Å²) in [5, 5.41) is 3.61. The van der Waals surface area contributed by atoms with Crippen LogP contribution in [-0.4, -0.2) is 53.1 Å². The molecule has 5 nitrogen and oxygen atoms in total. The third-order valence-corrected chi connectivity index (χ3v) is 5.69. The number of piperidine rings is 1. The first-order valence-corrected chi connectivity index (χ1v) is 10.3. The summed E-state index contributed by atoms with van der Waals surface area (Å²) in [6, 6.07) is 3.21. The van der Waals surface area contributed by atoms with Crippen molar-refractivity contribution in [1.82, 2.24) is 14.9 Å². The number of nitrogens with zero attached hydrogens (tertiary/aromatic N) is 4. The van der Waals surface area contributed by atoms with Crippen molar-refractivity contribution in [2.75, 3.05) is 36.4 Å². The molecular formula is C20H35N5. The number of likely N-dealkylation sites (tertiary alicyclic amines) is 1. The zero-order valence-corrected chi connectivity index (χ0v) is 16.1. The second-order valence-electron chi connectivity index (χ2n) is 7.76. The lowest BCUT2D eigenvalue weighted by Crippen LogP contribution is -2.46. The zero-order chi connectivity index (χ0) is 17.5. The number of nitrogens with one attached hydrogen (secondary N) is 1. The molecule has 5 heteroatoms. The monoisotopic (exact) mass is 345 g/mol. The van der Waals surface area contributed by atoms with Crippen LogP contribution in [0.25, 0.3) is 0 Å². The van der Waals surface area contributed by atoms with Crippen LogP contribution in [0.2, 0.25) is 0 Å². The minimum Gasteiger partial charge on any atom is -0.356 e. The maximum absolute atomic E-state index is 4.82. The molecule has 3 heterocycles. The summed E-state index contributed by atoms with van der Waals surface area (Å²) in [5.41, 5.74) is 0. The van der Waals surface area contributed by atoms with Gasteiger partial charge >= 0.3 is 0 Å².